The molecule has 1 aliphatic heterocycles. The molecule has 25 heavy (non-hydrogen) atoms. The third-order valence-electron chi connectivity index (χ3n) is 4.18. The number of morpholine rings is 1. The van der Waals surface area contributed by atoms with E-state index in [0.29, 0.717) is 36.1 Å². The van der Waals surface area contributed by atoms with Crippen molar-refractivity contribution in [1.82, 2.24) is 15.1 Å². The summed E-state index contributed by atoms with van der Waals surface area (Å²) in [7, 11) is 0. The summed E-state index contributed by atoms with van der Waals surface area (Å²) in [6, 6.07) is 8.61. The van der Waals surface area contributed by atoms with Crippen molar-refractivity contribution in [3.63, 3.8) is 0 Å². The van der Waals surface area contributed by atoms with Gasteiger partial charge in [0, 0.05) is 30.4 Å². The van der Waals surface area contributed by atoms with Crippen LogP contribution >= 0.6 is 0 Å². The largest absolute Gasteiger partial charge is 0.378 e. The zero-order chi connectivity index (χ0) is 17.2. The number of ether oxygens (including phenoxy) is 1. The van der Waals surface area contributed by atoms with Crippen LogP contribution in [0.15, 0.2) is 41.1 Å². The first-order valence-electron chi connectivity index (χ1n) is 8.10. The molecule has 0 N–H and O–H groups in total. The molecule has 0 saturated carbocycles. The van der Waals surface area contributed by atoms with E-state index < -0.39 is 0 Å². The molecule has 0 radical (unpaired) electrons. The number of nitrogens with zero attached hydrogens (tertiary/aromatic N) is 4. The predicted molar refractivity (Wildman–Crippen MR) is 90.7 cm³/mol. The maximum Gasteiger partial charge on any atom is 0.258 e. The fourth-order valence-electron chi connectivity index (χ4n) is 2.71. The molecule has 2 aromatic heterocycles. The van der Waals surface area contributed by atoms with Crippen molar-refractivity contribution in [3.8, 4) is 22.8 Å². The second-order valence-electron chi connectivity index (χ2n) is 5.89. The molecule has 1 aliphatic rings. The highest BCUT2D eigenvalue weighted by atomic mass is 19.1. The van der Waals surface area contributed by atoms with Gasteiger partial charge >= 0.3 is 0 Å². The Hall–Kier alpha value is -2.80. The van der Waals surface area contributed by atoms with Crippen LogP contribution in [0.5, 0.6) is 0 Å². The molecular weight excluding hydrogens is 323 g/mol. The standard InChI is InChI=1S/C18H17FN4O2/c1-12-2-3-14(10-15(12)19)18-21-17(22-25-18)13-4-5-20-16(11-13)23-6-8-24-9-7-23/h2-5,10-11H,6-9H2,1H3. The highest BCUT2D eigenvalue weighted by Gasteiger charge is 2.16. The smallest absolute Gasteiger partial charge is 0.258 e. The molecule has 4 rings (SSSR count). The van der Waals surface area contributed by atoms with E-state index in [1.807, 2.05) is 12.1 Å². The highest BCUT2D eigenvalue weighted by Crippen LogP contribution is 2.25. The van der Waals surface area contributed by atoms with E-state index in [9.17, 15) is 4.39 Å². The Bertz CT molecular complexity index is 890. The van der Waals surface area contributed by atoms with E-state index in [2.05, 4.69) is 20.0 Å². The van der Waals surface area contributed by atoms with Gasteiger partial charge in [0.15, 0.2) is 0 Å². The monoisotopic (exact) mass is 340 g/mol. The number of anilines is 1. The van der Waals surface area contributed by atoms with Gasteiger partial charge in [-0.15, -0.1) is 0 Å². The van der Waals surface area contributed by atoms with Crippen LogP contribution < -0.4 is 4.90 Å². The number of hydrogen-bond acceptors (Lipinski definition) is 6. The predicted octanol–water partition coefficient (Wildman–Crippen LogP) is 3.08. The molecule has 0 bridgehead atoms. The van der Waals surface area contributed by atoms with Gasteiger partial charge in [0.1, 0.15) is 11.6 Å². The van der Waals surface area contributed by atoms with Gasteiger partial charge in [0.2, 0.25) is 5.82 Å². The molecular formula is C18H17FN4O2. The lowest BCUT2D eigenvalue weighted by atomic mass is 10.1. The number of benzene rings is 1. The second kappa shape index (κ2) is 6.60. The van der Waals surface area contributed by atoms with E-state index >= 15 is 0 Å². The van der Waals surface area contributed by atoms with Crippen LogP contribution in [-0.4, -0.2) is 41.4 Å². The van der Waals surface area contributed by atoms with Crippen LogP contribution in [0.2, 0.25) is 0 Å². The summed E-state index contributed by atoms with van der Waals surface area (Å²) in [5, 5.41) is 4.02. The van der Waals surface area contributed by atoms with Crippen molar-refractivity contribution >= 4 is 5.82 Å². The number of aryl methyl sites for hydroxylation is 1. The van der Waals surface area contributed by atoms with Gasteiger partial charge in [-0.25, -0.2) is 9.37 Å². The Morgan fingerprint density at radius 1 is 1.08 bits per heavy atom. The average molecular weight is 340 g/mol. The van der Waals surface area contributed by atoms with Gasteiger partial charge in [-0.3, -0.25) is 0 Å². The minimum absolute atomic E-state index is 0.290. The Morgan fingerprint density at radius 3 is 2.72 bits per heavy atom. The van der Waals surface area contributed by atoms with Gasteiger partial charge in [0.05, 0.1) is 13.2 Å². The first-order valence-corrected chi connectivity index (χ1v) is 8.10. The lowest BCUT2D eigenvalue weighted by Crippen LogP contribution is -2.36. The number of pyridine rings is 1. The molecule has 0 aliphatic carbocycles. The van der Waals surface area contributed by atoms with Crippen molar-refractivity contribution in [2.45, 2.75) is 6.92 Å². The molecule has 1 aromatic carbocycles. The molecule has 3 aromatic rings. The molecule has 0 spiro atoms. The zero-order valence-electron chi connectivity index (χ0n) is 13.8. The lowest BCUT2D eigenvalue weighted by molar-refractivity contribution is 0.122. The maximum absolute atomic E-state index is 13.7. The Kier molecular flexibility index (Phi) is 4.15. The molecule has 128 valence electrons. The second-order valence-corrected chi connectivity index (χ2v) is 5.89. The molecule has 1 fully saturated rings. The Labute approximate surface area is 144 Å². The number of aromatic nitrogens is 3. The quantitative estimate of drug-likeness (QED) is 0.730. The van der Waals surface area contributed by atoms with Crippen LogP contribution in [0.3, 0.4) is 0 Å². The Balaban J connectivity index is 1.62. The van der Waals surface area contributed by atoms with Crippen LogP contribution in [0.25, 0.3) is 22.8 Å². The van der Waals surface area contributed by atoms with Gasteiger partial charge in [-0.2, -0.15) is 4.98 Å². The average Bonchev–Trinajstić information content (AvgIpc) is 3.15. The van der Waals surface area contributed by atoms with Gasteiger partial charge in [-0.05, 0) is 36.8 Å². The third kappa shape index (κ3) is 3.23. The van der Waals surface area contributed by atoms with E-state index in [1.54, 1.807) is 25.3 Å². The highest BCUT2D eigenvalue weighted by molar-refractivity contribution is 5.63. The van der Waals surface area contributed by atoms with E-state index in [-0.39, 0.29) is 5.82 Å². The Morgan fingerprint density at radius 2 is 1.92 bits per heavy atom. The summed E-state index contributed by atoms with van der Waals surface area (Å²) in [5.41, 5.74) is 1.94. The fraction of sp³-hybridized carbons (Fsp3) is 0.278. The molecule has 3 heterocycles. The summed E-state index contributed by atoms with van der Waals surface area (Å²) in [6.07, 6.45) is 1.72. The maximum atomic E-state index is 13.7. The lowest BCUT2D eigenvalue weighted by Gasteiger charge is -2.27. The minimum atomic E-state index is -0.296. The van der Waals surface area contributed by atoms with Crippen molar-refractivity contribution < 1.29 is 13.7 Å². The van der Waals surface area contributed by atoms with Crippen molar-refractivity contribution in [2.24, 2.45) is 0 Å². The van der Waals surface area contributed by atoms with Crippen LogP contribution in [-0.2, 0) is 4.74 Å². The van der Waals surface area contributed by atoms with Crippen molar-refractivity contribution in [3.05, 3.63) is 47.9 Å². The minimum Gasteiger partial charge on any atom is -0.378 e. The normalized spacial score (nSPS) is 14.7. The van der Waals surface area contributed by atoms with Crippen LogP contribution in [0.1, 0.15) is 5.56 Å². The molecule has 1 saturated heterocycles. The summed E-state index contributed by atoms with van der Waals surface area (Å²) >= 11 is 0. The van der Waals surface area contributed by atoms with Gasteiger partial charge < -0.3 is 14.2 Å². The number of hydrogen-bond donors (Lipinski definition) is 0. The SMILES string of the molecule is Cc1ccc(-c2nc(-c3ccnc(N4CCOCC4)c3)no2)cc1F. The van der Waals surface area contributed by atoms with E-state index in [4.69, 9.17) is 9.26 Å². The van der Waals surface area contributed by atoms with E-state index in [0.717, 1.165) is 24.5 Å². The molecule has 0 amide bonds. The summed E-state index contributed by atoms with van der Waals surface area (Å²) in [5.74, 6) is 1.30. The third-order valence-corrected chi connectivity index (χ3v) is 4.18. The molecule has 0 atom stereocenters. The summed E-state index contributed by atoms with van der Waals surface area (Å²) < 4.78 is 24.4. The summed E-state index contributed by atoms with van der Waals surface area (Å²) in [4.78, 5) is 11.0. The van der Waals surface area contributed by atoms with E-state index in [1.165, 1.54) is 6.07 Å². The van der Waals surface area contributed by atoms with Crippen molar-refractivity contribution in [1.29, 1.82) is 0 Å². The first-order chi connectivity index (χ1) is 12.2. The van der Waals surface area contributed by atoms with Gasteiger partial charge in [0.25, 0.3) is 5.89 Å². The first kappa shape index (κ1) is 15.7. The number of halogens is 1. The summed E-state index contributed by atoms with van der Waals surface area (Å²) in [6.45, 7) is 4.70. The molecule has 0 unspecified atom stereocenters. The number of rotatable bonds is 3. The fourth-order valence-corrected chi connectivity index (χ4v) is 2.71. The van der Waals surface area contributed by atoms with Gasteiger partial charge in [-0.1, -0.05) is 11.2 Å². The zero-order valence-corrected chi connectivity index (χ0v) is 13.8. The molecule has 6 nitrogen and oxygen atoms in total. The molecule has 7 heteroatoms. The van der Waals surface area contributed by atoms with Crippen LogP contribution in [0, 0.1) is 12.7 Å². The topological polar surface area (TPSA) is 64.3 Å². The van der Waals surface area contributed by atoms with Crippen LogP contribution in [0.4, 0.5) is 10.2 Å². The van der Waals surface area contributed by atoms with Crippen molar-refractivity contribution in [2.75, 3.05) is 31.2 Å².